The highest BCUT2D eigenvalue weighted by molar-refractivity contribution is 5.98. The molecule has 1 aliphatic heterocycles. The first-order valence-corrected chi connectivity index (χ1v) is 30.6. The molecule has 0 bridgehead atoms. The quantitative estimate of drug-likeness (QED) is 0.0157. The number of carbonyl (C=O) groups is 9. The van der Waals surface area contributed by atoms with Crippen LogP contribution in [0.1, 0.15) is 94.2 Å². The zero-order valence-corrected chi connectivity index (χ0v) is 51.7. The number of H-pyrrole nitrogens is 1. The van der Waals surface area contributed by atoms with E-state index >= 15 is 4.79 Å². The van der Waals surface area contributed by atoms with Crippen LogP contribution in [-0.4, -0.2) is 157 Å². The summed E-state index contributed by atoms with van der Waals surface area (Å²) in [6, 6.07) is 17.5. The molecule has 10 atom stereocenters. The largest absolute Gasteiger partial charge is 0.508 e. The molecular formula is C65H86N14O12. The molecule has 0 radical (unpaired) electrons. The van der Waals surface area contributed by atoms with Gasteiger partial charge in [-0.05, 0) is 90.5 Å². The average molecular weight is 1260 g/mol. The molecule has 26 nitrogen and oxygen atoms in total. The minimum absolute atomic E-state index is 0.0303. The molecule has 6 rings (SSSR count). The van der Waals surface area contributed by atoms with Gasteiger partial charge in [0.15, 0.2) is 5.96 Å². The standard InChI is InChI=1S/C65H86N14O12/c1-5-39(4)55(78-56(82)47(66)35-44-36-69-37-71-44)63(89)79-29-13-19-54(79)62(88)72-48(18-12-28-70-65(67)68)57(83)74-50(31-40-14-8-6-9-15-40)60(86)76-52(33-42-20-24-45(80)25-21-42)59(85)73-49(30-38(2)3)58(84)75-51(32-41-16-10-7-11-17-41)61(87)77-53(64(90)91)34-43-22-26-46(81)27-23-43/h6-11,14-17,20-27,36-39,47-55,80-81H,5,12-13,18-19,28-35,66H2,1-4H3,(H,69,71)(H,72,88)(H,73,85)(H,74,83)(H,75,84)(H,76,86)(H,77,87)(H,78,82)(H,90,91)(H4,67,68,70)/t39-,47-,48-,49-,50-,51-,52-,53-,54-,55-/m0/s1. The van der Waals surface area contributed by atoms with Crippen molar-refractivity contribution in [1.82, 2.24) is 52.1 Å². The lowest BCUT2D eigenvalue weighted by molar-refractivity contribution is -0.143. The maximum atomic E-state index is 15.0. The third-order valence-electron chi connectivity index (χ3n) is 15.7. The Bertz CT molecular complexity index is 3240. The molecule has 1 saturated heterocycles. The van der Waals surface area contributed by atoms with Gasteiger partial charge >= 0.3 is 5.97 Å². The number of hydrogen-bond acceptors (Lipinski definition) is 14. The van der Waals surface area contributed by atoms with Gasteiger partial charge in [0.1, 0.15) is 59.8 Å². The third kappa shape index (κ3) is 22.3. The fourth-order valence-electron chi connectivity index (χ4n) is 10.5. The summed E-state index contributed by atoms with van der Waals surface area (Å²) in [7, 11) is 0. The number of aliphatic imine (C=N–C) groups is 1. The van der Waals surface area contributed by atoms with E-state index in [1.165, 1.54) is 59.8 Å². The molecule has 0 spiro atoms. The molecule has 0 saturated carbocycles. The smallest absolute Gasteiger partial charge is 0.326 e. The first-order valence-electron chi connectivity index (χ1n) is 30.6. The van der Waals surface area contributed by atoms with Gasteiger partial charge in [-0.1, -0.05) is 119 Å². The van der Waals surface area contributed by atoms with E-state index in [4.69, 9.17) is 17.2 Å². The maximum absolute atomic E-state index is 15.0. The molecular weight excluding hydrogens is 1170 g/mol. The van der Waals surface area contributed by atoms with Crippen molar-refractivity contribution >= 4 is 59.2 Å². The number of carboxylic acid groups (broad SMARTS) is 1. The molecule has 4 aromatic carbocycles. The predicted octanol–water partition coefficient (Wildman–Crippen LogP) is 1.28. The van der Waals surface area contributed by atoms with Crippen molar-refractivity contribution in [2.75, 3.05) is 13.1 Å². The number of phenols is 2. The molecule has 5 aromatic rings. The van der Waals surface area contributed by atoms with Crippen LogP contribution in [0.25, 0.3) is 0 Å². The Balaban J connectivity index is 1.25. The van der Waals surface area contributed by atoms with Gasteiger partial charge in [-0.3, -0.25) is 43.3 Å². The van der Waals surface area contributed by atoms with Gasteiger partial charge in [-0.25, -0.2) is 9.78 Å². The number of phenolic OH excluding ortho intramolecular Hbond substituents is 2. The second-order valence-electron chi connectivity index (χ2n) is 23.4. The van der Waals surface area contributed by atoms with Crippen LogP contribution >= 0.6 is 0 Å². The summed E-state index contributed by atoms with van der Waals surface area (Å²) in [5.41, 5.74) is 20.3. The zero-order valence-electron chi connectivity index (χ0n) is 51.7. The lowest BCUT2D eigenvalue weighted by Gasteiger charge is -2.32. The van der Waals surface area contributed by atoms with Crippen LogP contribution in [0.5, 0.6) is 11.5 Å². The first-order chi connectivity index (χ1) is 43.5. The van der Waals surface area contributed by atoms with E-state index < -0.39 is 108 Å². The summed E-state index contributed by atoms with van der Waals surface area (Å²) in [6.45, 7) is 7.51. The summed E-state index contributed by atoms with van der Waals surface area (Å²) in [6.07, 6.45) is 3.88. The lowest BCUT2D eigenvalue weighted by Crippen LogP contribution is -2.61. The zero-order chi connectivity index (χ0) is 66.1. The number of carboxylic acids is 1. The average Bonchev–Trinajstić information content (AvgIpc) is 2.43. The molecule has 91 heavy (non-hydrogen) atoms. The second-order valence-corrected chi connectivity index (χ2v) is 23.4. The molecule has 0 unspecified atom stereocenters. The number of aromatic amines is 1. The highest BCUT2D eigenvalue weighted by Gasteiger charge is 2.41. The van der Waals surface area contributed by atoms with Gasteiger partial charge in [0.05, 0.1) is 12.4 Å². The molecule has 2 heterocycles. The van der Waals surface area contributed by atoms with Crippen molar-refractivity contribution in [1.29, 1.82) is 0 Å². The van der Waals surface area contributed by atoms with Gasteiger partial charge in [0.25, 0.3) is 0 Å². The number of likely N-dealkylation sites (tertiary alicyclic amines) is 1. The van der Waals surface area contributed by atoms with Crippen LogP contribution in [0.4, 0.5) is 0 Å². The van der Waals surface area contributed by atoms with Crippen molar-refractivity contribution in [2.24, 2.45) is 34.0 Å². The molecule has 8 amide bonds. The fourth-order valence-corrected chi connectivity index (χ4v) is 10.5. The summed E-state index contributed by atoms with van der Waals surface area (Å²) in [5.74, 6) is -8.15. The number of guanidine groups is 1. The minimum atomic E-state index is -1.47. The van der Waals surface area contributed by atoms with Crippen molar-refractivity contribution in [2.45, 2.75) is 153 Å². The Morgan fingerprint density at radius 3 is 1.53 bits per heavy atom. The summed E-state index contributed by atoms with van der Waals surface area (Å²) >= 11 is 0. The van der Waals surface area contributed by atoms with Gasteiger partial charge in [-0.2, -0.15) is 0 Å². The number of carbonyl (C=O) groups excluding carboxylic acids is 8. The monoisotopic (exact) mass is 1250 g/mol. The Morgan fingerprint density at radius 1 is 0.604 bits per heavy atom. The van der Waals surface area contributed by atoms with Gasteiger partial charge < -0.3 is 79.6 Å². The van der Waals surface area contributed by atoms with E-state index in [-0.39, 0.29) is 100 Å². The van der Waals surface area contributed by atoms with Crippen LogP contribution < -0.4 is 54.4 Å². The number of hydrogen-bond donors (Lipinski definition) is 14. The van der Waals surface area contributed by atoms with Crippen LogP contribution in [0.2, 0.25) is 0 Å². The van der Waals surface area contributed by atoms with E-state index in [9.17, 15) is 53.7 Å². The van der Waals surface area contributed by atoms with Gasteiger partial charge in [-0.15, -0.1) is 0 Å². The lowest BCUT2D eigenvalue weighted by atomic mass is 9.96. The number of aliphatic carboxylic acids is 1. The van der Waals surface area contributed by atoms with E-state index in [0.717, 1.165) is 0 Å². The van der Waals surface area contributed by atoms with Crippen molar-refractivity contribution in [3.05, 3.63) is 150 Å². The van der Waals surface area contributed by atoms with Crippen LogP contribution in [0, 0.1) is 11.8 Å². The first kappa shape index (κ1) is 70.2. The number of aromatic hydroxyl groups is 2. The Hall–Kier alpha value is -9.85. The number of benzene rings is 4. The van der Waals surface area contributed by atoms with Crippen molar-refractivity contribution in [3.8, 4) is 11.5 Å². The topological polar surface area (TPSA) is 421 Å². The molecule has 1 fully saturated rings. The Morgan fingerprint density at radius 2 is 1.07 bits per heavy atom. The van der Waals surface area contributed by atoms with Crippen LogP contribution in [0.15, 0.2) is 127 Å². The summed E-state index contributed by atoms with van der Waals surface area (Å²) in [5, 5.41) is 49.5. The van der Waals surface area contributed by atoms with E-state index in [2.05, 4.69) is 52.2 Å². The number of nitrogens with zero attached hydrogens (tertiary/aromatic N) is 3. The van der Waals surface area contributed by atoms with Crippen molar-refractivity contribution in [3.63, 3.8) is 0 Å². The Kier molecular flexibility index (Phi) is 26.8. The summed E-state index contributed by atoms with van der Waals surface area (Å²) in [4.78, 5) is 141. The molecule has 1 aromatic heterocycles. The third-order valence-corrected chi connectivity index (χ3v) is 15.7. The SMILES string of the molecule is CC[C@H](C)[C@H](NC(=O)[C@@H](N)Cc1cnc[nH]1)C(=O)N1CCC[C@H]1C(=O)N[C@@H](CCCN=C(N)N)C(=O)N[C@@H](Cc1ccccc1)C(=O)N[C@@H](Cc1ccc(O)cc1)C(=O)N[C@@H](CC(C)C)C(=O)N[C@@H](Cc1ccccc1)C(=O)N[C@@H](Cc1ccc(O)cc1)C(=O)O. The normalized spacial score (nSPS) is 15.8. The second kappa shape index (κ2) is 34.8. The number of rotatable bonds is 34. The van der Waals surface area contributed by atoms with E-state index in [1.807, 2.05) is 20.8 Å². The maximum Gasteiger partial charge on any atom is 0.326 e. The van der Waals surface area contributed by atoms with Crippen LogP contribution in [0.3, 0.4) is 0 Å². The number of amides is 8. The number of aromatic nitrogens is 2. The van der Waals surface area contributed by atoms with E-state index in [0.29, 0.717) is 40.8 Å². The predicted molar refractivity (Wildman–Crippen MR) is 339 cm³/mol. The number of nitrogens with one attached hydrogen (secondary N) is 8. The molecule has 488 valence electrons. The highest BCUT2D eigenvalue weighted by atomic mass is 16.4. The van der Waals surface area contributed by atoms with Gasteiger partial charge in [0.2, 0.25) is 47.3 Å². The van der Waals surface area contributed by atoms with Crippen LogP contribution in [-0.2, 0) is 75.3 Å². The molecule has 0 aliphatic carbocycles. The van der Waals surface area contributed by atoms with E-state index in [1.54, 1.807) is 73.8 Å². The number of imidazole rings is 1. The molecule has 26 heteroatoms. The molecule has 17 N–H and O–H groups in total. The van der Waals surface area contributed by atoms with Gasteiger partial charge in [0, 0.05) is 57.1 Å². The minimum Gasteiger partial charge on any atom is -0.508 e. The number of nitrogens with two attached hydrogens (primary N) is 3. The summed E-state index contributed by atoms with van der Waals surface area (Å²) < 4.78 is 0. The highest BCUT2D eigenvalue weighted by Crippen LogP contribution is 2.23. The Labute approximate surface area is 528 Å². The fraction of sp³-hybridized carbons (Fsp3) is 0.431. The molecule has 1 aliphatic rings. The van der Waals surface area contributed by atoms with Crippen molar-refractivity contribution < 1.29 is 58.5 Å².